The second-order valence-corrected chi connectivity index (χ2v) is 9.87. The first-order chi connectivity index (χ1) is 14.0. The van der Waals surface area contributed by atoms with Crippen molar-refractivity contribution in [2.24, 2.45) is 0 Å². The first-order valence-corrected chi connectivity index (χ1v) is 11.5. The van der Waals surface area contributed by atoms with Crippen LogP contribution >= 0.6 is 15.9 Å². The molecular formula is C22H26BrN3O3. The molecule has 7 heteroatoms. The lowest BCUT2D eigenvalue weighted by Gasteiger charge is -2.42. The number of piperidine rings is 1. The molecule has 3 fully saturated rings. The molecule has 1 saturated heterocycles. The summed E-state index contributed by atoms with van der Waals surface area (Å²) in [6.07, 6.45) is 7.33. The first kappa shape index (κ1) is 19.2. The van der Waals surface area contributed by atoms with E-state index in [0.29, 0.717) is 11.6 Å². The average Bonchev–Trinajstić information content (AvgIpc) is 3.45. The van der Waals surface area contributed by atoms with Gasteiger partial charge in [0.2, 0.25) is 11.8 Å². The van der Waals surface area contributed by atoms with Crippen LogP contribution in [0.5, 0.6) is 0 Å². The van der Waals surface area contributed by atoms with Crippen molar-refractivity contribution in [1.82, 2.24) is 15.1 Å². The van der Waals surface area contributed by atoms with Gasteiger partial charge in [-0.15, -0.1) is 0 Å². The lowest BCUT2D eigenvalue weighted by molar-refractivity contribution is -0.136. The van der Waals surface area contributed by atoms with Gasteiger partial charge in [0.25, 0.3) is 5.91 Å². The summed E-state index contributed by atoms with van der Waals surface area (Å²) in [6.45, 7) is 1.79. The minimum absolute atomic E-state index is 0.102. The number of nitrogens with zero attached hydrogens (tertiary/aromatic N) is 2. The number of nitrogens with one attached hydrogen (secondary N) is 1. The van der Waals surface area contributed by atoms with E-state index in [1.54, 1.807) is 6.07 Å². The molecule has 4 aliphatic rings. The highest BCUT2D eigenvalue weighted by molar-refractivity contribution is 9.10. The third kappa shape index (κ3) is 3.32. The van der Waals surface area contributed by atoms with Crippen LogP contribution in [0.4, 0.5) is 0 Å². The molecule has 1 aromatic rings. The molecule has 5 rings (SSSR count). The SMILES string of the molecule is O=C(CN1C(=O)c2ccc(Br)cc2C2(CC2)C1=O)N[C@@H]1CCCN(C2CCC2)C1. The molecule has 29 heavy (non-hydrogen) atoms. The Morgan fingerprint density at radius 1 is 1.17 bits per heavy atom. The molecule has 1 spiro atoms. The van der Waals surface area contributed by atoms with Crippen LogP contribution in [-0.4, -0.2) is 59.2 Å². The molecule has 0 unspecified atom stereocenters. The maximum absolute atomic E-state index is 13.1. The Labute approximate surface area is 179 Å². The Balaban J connectivity index is 1.28. The number of hydrogen-bond donors (Lipinski definition) is 1. The minimum atomic E-state index is -0.612. The summed E-state index contributed by atoms with van der Waals surface area (Å²) >= 11 is 3.44. The molecule has 6 nitrogen and oxygen atoms in total. The number of carbonyl (C=O) groups excluding carboxylic acids is 3. The van der Waals surface area contributed by atoms with Crippen LogP contribution < -0.4 is 5.32 Å². The Bertz CT molecular complexity index is 878. The third-order valence-corrected chi connectivity index (χ3v) is 7.58. The van der Waals surface area contributed by atoms with Crippen LogP contribution in [0.2, 0.25) is 0 Å². The fourth-order valence-corrected chi connectivity index (χ4v) is 5.45. The number of hydrogen-bond acceptors (Lipinski definition) is 4. The highest BCUT2D eigenvalue weighted by Gasteiger charge is 2.58. The molecule has 1 N–H and O–H groups in total. The van der Waals surface area contributed by atoms with Crippen LogP contribution in [0, 0.1) is 0 Å². The van der Waals surface area contributed by atoms with Gasteiger partial charge in [0.05, 0.1) is 5.41 Å². The molecule has 2 aliphatic carbocycles. The fraction of sp³-hybridized carbons (Fsp3) is 0.591. The Hall–Kier alpha value is -1.73. The van der Waals surface area contributed by atoms with Gasteiger partial charge in [-0.1, -0.05) is 22.4 Å². The zero-order valence-electron chi connectivity index (χ0n) is 16.5. The largest absolute Gasteiger partial charge is 0.351 e. The van der Waals surface area contributed by atoms with Crippen molar-refractivity contribution in [2.45, 2.75) is 62.4 Å². The predicted molar refractivity (Wildman–Crippen MR) is 111 cm³/mol. The van der Waals surface area contributed by atoms with Gasteiger partial charge in [-0.25, -0.2) is 0 Å². The quantitative estimate of drug-likeness (QED) is 0.702. The van der Waals surface area contributed by atoms with E-state index in [0.717, 1.165) is 48.8 Å². The van der Waals surface area contributed by atoms with Gasteiger partial charge in [-0.3, -0.25) is 24.2 Å². The van der Waals surface area contributed by atoms with Gasteiger partial charge in [0, 0.05) is 28.7 Å². The lowest BCUT2D eigenvalue weighted by atomic mass is 9.85. The normalized spacial score (nSPS) is 26.2. The molecule has 1 aromatic carbocycles. The number of rotatable bonds is 4. The second-order valence-electron chi connectivity index (χ2n) is 8.95. The highest BCUT2D eigenvalue weighted by atomic mass is 79.9. The highest BCUT2D eigenvalue weighted by Crippen LogP contribution is 2.53. The van der Waals surface area contributed by atoms with Crippen molar-refractivity contribution < 1.29 is 14.4 Å². The molecule has 3 amide bonds. The Morgan fingerprint density at radius 3 is 2.66 bits per heavy atom. The van der Waals surface area contributed by atoms with Gasteiger partial charge in [0.15, 0.2) is 0 Å². The third-order valence-electron chi connectivity index (χ3n) is 7.09. The molecule has 0 bridgehead atoms. The van der Waals surface area contributed by atoms with Crippen LogP contribution in [0.15, 0.2) is 22.7 Å². The number of halogens is 1. The number of fused-ring (bicyclic) bond motifs is 2. The van der Waals surface area contributed by atoms with Gasteiger partial charge in [-0.05, 0) is 68.8 Å². The van der Waals surface area contributed by atoms with E-state index < -0.39 is 5.41 Å². The number of imide groups is 1. The molecule has 2 heterocycles. The van der Waals surface area contributed by atoms with E-state index >= 15 is 0 Å². The van der Waals surface area contributed by atoms with Gasteiger partial charge >= 0.3 is 0 Å². The van der Waals surface area contributed by atoms with Crippen molar-refractivity contribution in [3.05, 3.63) is 33.8 Å². The smallest absolute Gasteiger partial charge is 0.261 e. The first-order valence-electron chi connectivity index (χ1n) is 10.7. The monoisotopic (exact) mass is 459 g/mol. The van der Waals surface area contributed by atoms with Crippen molar-refractivity contribution >= 4 is 33.7 Å². The molecule has 1 atom stereocenters. The zero-order chi connectivity index (χ0) is 20.2. The van der Waals surface area contributed by atoms with Gasteiger partial charge in [-0.2, -0.15) is 0 Å². The maximum Gasteiger partial charge on any atom is 0.261 e. The standard InChI is InChI=1S/C22H26BrN3O3/c23-14-6-7-17-18(11-14)22(8-9-22)21(29)26(20(17)28)13-19(27)24-15-3-2-10-25(12-15)16-4-1-5-16/h6-7,11,15-16H,1-5,8-10,12-13H2,(H,24,27)/t15-/m1/s1. The van der Waals surface area contributed by atoms with Crippen LogP contribution in [0.3, 0.4) is 0 Å². The number of benzene rings is 1. The summed E-state index contributed by atoms with van der Waals surface area (Å²) in [5, 5.41) is 3.09. The summed E-state index contributed by atoms with van der Waals surface area (Å²) in [5.41, 5.74) is 0.744. The summed E-state index contributed by atoms with van der Waals surface area (Å²) in [7, 11) is 0. The number of carbonyl (C=O) groups is 3. The van der Waals surface area contributed by atoms with Crippen LogP contribution in [0.25, 0.3) is 0 Å². The average molecular weight is 460 g/mol. The zero-order valence-corrected chi connectivity index (χ0v) is 18.0. The summed E-state index contributed by atoms with van der Waals surface area (Å²) < 4.78 is 0.864. The van der Waals surface area contributed by atoms with Crippen molar-refractivity contribution in [1.29, 1.82) is 0 Å². The summed E-state index contributed by atoms with van der Waals surface area (Å²) in [4.78, 5) is 42.5. The topological polar surface area (TPSA) is 69.7 Å². The van der Waals surface area contributed by atoms with Gasteiger partial charge in [0.1, 0.15) is 6.54 Å². The summed E-state index contributed by atoms with van der Waals surface area (Å²) in [6, 6.07) is 6.23. The minimum Gasteiger partial charge on any atom is -0.351 e. The summed E-state index contributed by atoms with van der Waals surface area (Å²) in [5.74, 6) is -0.809. The molecular weight excluding hydrogens is 434 g/mol. The van der Waals surface area contributed by atoms with Crippen LogP contribution in [0.1, 0.15) is 60.9 Å². The fourth-order valence-electron chi connectivity index (χ4n) is 5.09. The van der Waals surface area contributed by atoms with E-state index in [9.17, 15) is 14.4 Å². The van der Waals surface area contributed by atoms with Crippen molar-refractivity contribution in [2.75, 3.05) is 19.6 Å². The van der Waals surface area contributed by atoms with E-state index in [2.05, 4.69) is 26.1 Å². The number of amides is 3. The molecule has 154 valence electrons. The molecule has 0 radical (unpaired) electrons. The number of likely N-dealkylation sites (tertiary alicyclic amines) is 1. The van der Waals surface area contributed by atoms with Crippen molar-refractivity contribution in [3.63, 3.8) is 0 Å². The Kier molecular flexibility index (Phi) is 4.78. The Morgan fingerprint density at radius 2 is 1.97 bits per heavy atom. The molecule has 2 saturated carbocycles. The van der Waals surface area contributed by atoms with E-state index in [4.69, 9.17) is 0 Å². The molecule has 0 aromatic heterocycles. The van der Waals surface area contributed by atoms with E-state index in [1.165, 1.54) is 24.2 Å². The molecule has 2 aliphatic heterocycles. The lowest BCUT2D eigenvalue weighted by Crippen LogP contribution is -2.56. The predicted octanol–water partition coefficient (Wildman–Crippen LogP) is 2.60. The maximum atomic E-state index is 13.1. The van der Waals surface area contributed by atoms with Gasteiger partial charge < -0.3 is 5.32 Å². The van der Waals surface area contributed by atoms with E-state index in [1.807, 2.05) is 12.1 Å². The van der Waals surface area contributed by atoms with Crippen molar-refractivity contribution in [3.8, 4) is 0 Å². The van der Waals surface area contributed by atoms with Crippen LogP contribution in [-0.2, 0) is 15.0 Å². The second kappa shape index (κ2) is 7.20. The van der Waals surface area contributed by atoms with E-state index in [-0.39, 0.29) is 30.3 Å².